The summed E-state index contributed by atoms with van der Waals surface area (Å²) in [5.41, 5.74) is 1.47. The van der Waals surface area contributed by atoms with Crippen LogP contribution in [-0.4, -0.2) is 41.5 Å². The Balaban J connectivity index is 1.71. The van der Waals surface area contributed by atoms with Crippen LogP contribution < -0.4 is 0 Å². The van der Waals surface area contributed by atoms with E-state index in [2.05, 4.69) is 5.16 Å². The number of carbonyl (C=O) groups is 1. The summed E-state index contributed by atoms with van der Waals surface area (Å²) in [5, 5.41) is 3.91. The first kappa shape index (κ1) is 20.8. The normalized spacial score (nSPS) is 11.7. The van der Waals surface area contributed by atoms with Gasteiger partial charge in [0.2, 0.25) is 10.0 Å². The van der Waals surface area contributed by atoms with E-state index >= 15 is 0 Å². The van der Waals surface area contributed by atoms with E-state index in [0.29, 0.717) is 24.5 Å². The Morgan fingerprint density at radius 3 is 2.52 bits per heavy atom. The summed E-state index contributed by atoms with van der Waals surface area (Å²) in [5.74, 6) is -0.0686. The maximum absolute atomic E-state index is 12.6. The second kappa shape index (κ2) is 8.62. The molecule has 2 heterocycles. The highest BCUT2D eigenvalue weighted by molar-refractivity contribution is 7.89. The van der Waals surface area contributed by atoms with E-state index in [4.69, 9.17) is 9.26 Å². The Labute approximate surface area is 169 Å². The number of benzene rings is 1. The molecule has 0 unspecified atom stereocenters. The second-order valence-electron chi connectivity index (χ2n) is 6.39. The molecule has 3 rings (SSSR count). The number of carbonyl (C=O) groups excluding carboxylic acids is 1. The molecule has 0 atom stereocenters. The van der Waals surface area contributed by atoms with Crippen molar-refractivity contribution in [3.05, 3.63) is 60.0 Å². The minimum absolute atomic E-state index is 0.0587. The SMILES string of the molecule is CCN(CC)S(=O)(=O)c1cc(C(=O)OCc2cc(-c3ccccc3)on2)n(C)c1. The van der Waals surface area contributed by atoms with Crippen molar-refractivity contribution in [3.8, 4) is 11.3 Å². The van der Waals surface area contributed by atoms with Crippen molar-refractivity contribution in [2.24, 2.45) is 7.05 Å². The summed E-state index contributed by atoms with van der Waals surface area (Å²) in [4.78, 5) is 12.5. The van der Waals surface area contributed by atoms with E-state index in [9.17, 15) is 13.2 Å². The van der Waals surface area contributed by atoms with Gasteiger partial charge in [-0.15, -0.1) is 0 Å². The van der Waals surface area contributed by atoms with Gasteiger partial charge in [0.1, 0.15) is 22.9 Å². The molecule has 0 aliphatic rings. The van der Waals surface area contributed by atoms with Crippen LogP contribution in [0.1, 0.15) is 30.0 Å². The highest BCUT2D eigenvalue weighted by Crippen LogP contribution is 2.21. The number of aryl methyl sites for hydroxylation is 1. The van der Waals surface area contributed by atoms with E-state index in [1.54, 1.807) is 27.0 Å². The number of nitrogens with zero attached hydrogens (tertiary/aromatic N) is 3. The third-order valence-corrected chi connectivity index (χ3v) is 6.52. The van der Waals surface area contributed by atoms with Gasteiger partial charge >= 0.3 is 5.97 Å². The van der Waals surface area contributed by atoms with Crippen molar-refractivity contribution in [2.45, 2.75) is 25.3 Å². The van der Waals surface area contributed by atoms with Gasteiger partial charge in [0, 0.05) is 38.0 Å². The minimum Gasteiger partial charge on any atom is -0.454 e. The Morgan fingerprint density at radius 2 is 1.86 bits per heavy atom. The van der Waals surface area contributed by atoms with E-state index in [0.717, 1.165) is 5.56 Å². The van der Waals surface area contributed by atoms with Gasteiger partial charge in [0.25, 0.3) is 0 Å². The average molecular weight is 417 g/mol. The number of ether oxygens (including phenoxy) is 1. The van der Waals surface area contributed by atoms with Crippen LogP contribution in [-0.2, 0) is 28.4 Å². The first-order valence-corrected chi connectivity index (χ1v) is 10.7. The topological polar surface area (TPSA) is 94.6 Å². The van der Waals surface area contributed by atoms with E-state index in [1.165, 1.54) is 21.1 Å². The van der Waals surface area contributed by atoms with Crippen molar-refractivity contribution < 1.29 is 22.5 Å². The van der Waals surface area contributed by atoms with Gasteiger partial charge in [-0.25, -0.2) is 13.2 Å². The van der Waals surface area contributed by atoms with Gasteiger partial charge in [-0.3, -0.25) is 0 Å². The third-order valence-electron chi connectivity index (χ3n) is 4.50. The summed E-state index contributed by atoms with van der Waals surface area (Å²) >= 11 is 0. The molecule has 3 aromatic rings. The second-order valence-corrected chi connectivity index (χ2v) is 8.32. The lowest BCUT2D eigenvalue weighted by molar-refractivity contribution is 0.0453. The van der Waals surface area contributed by atoms with Crippen LogP contribution in [0.3, 0.4) is 0 Å². The number of sulfonamides is 1. The Hall–Kier alpha value is -2.91. The van der Waals surface area contributed by atoms with Crippen LogP contribution >= 0.6 is 0 Å². The largest absolute Gasteiger partial charge is 0.454 e. The first-order valence-electron chi connectivity index (χ1n) is 9.21. The zero-order valence-corrected chi connectivity index (χ0v) is 17.3. The minimum atomic E-state index is -3.65. The van der Waals surface area contributed by atoms with Crippen molar-refractivity contribution in [1.82, 2.24) is 14.0 Å². The van der Waals surface area contributed by atoms with Crippen LogP contribution in [0.15, 0.2) is 58.1 Å². The fourth-order valence-electron chi connectivity index (χ4n) is 2.92. The molecule has 9 heteroatoms. The van der Waals surface area contributed by atoms with Gasteiger partial charge in [-0.05, 0) is 6.07 Å². The highest BCUT2D eigenvalue weighted by Gasteiger charge is 2.26. The molecule has 0 radical (unpaired) electrons. The molecular weight excluding hydrogens is 394 g/mol. The van der Waals surface area contributed by atoms with Crippen LogP contribution in [0, 0.1) is 0 Å². The predicted octanol–water partition coefficient (Wildman–Crippen LogP) is 3.07. The molecule has 0 fully saturated rings. The molecular formula is C20H23N3O5S. The monoisotopic (exact) mass is 417 g/mol. The van der Waals surface area contributed by atoms with Gasteiger partial charge < -0.3 is 13.8 Å². The molecule has 0 aliphatic heterocycles. The smallest absolute Gasteiger partial charge is 0.355 e. The van der Waals surface area contributed by atoms with Crippen LogP contribution in [0.4, 0.5) is 0 Å². The molecule has 0 saturated heterocycles. The molecule has 1 aromatic carbocycles. The molecule has 0 amide bonds. The maximum Gasteiger partial charge on any atom is 0.355 e. The van der Waals surface area contributed by atoms with Crippen LogP contribution in [0.5, 0.6) is 0 Å². The zero-order valence-electron chi connectivity index (χ0n) is 16.5. The number of hydrogen-bond donors (Lipinski definition) is 0. The number of hydrogen-bond acceptors (Lipinski definition) is 6. The van der Waals surface area contributed by atoms with Crippen molar-refractivity contribution in [1.29, 1.82) is 0 Å². The van der Waals surface area contributed by atoms with Gasteiger partial charge in [-0.2, -0.15) is 4.31 Å². The molecule has 0 N–H and O–H groups in total. The lowest BCUT2D eigenvalue weighted by Gasteiger charge is -2.17. The fraction of sp³-hybridized carbons (Fsp3) is 0.300. The van der Waals surface area contributed by atoms with Crippen molar-refractivity contribution in [2.75, 3.05) is 13.1 Å². The van der Waals surface area contributed by atoms with Gasteiger partial charge in [0.15, 0.2) is 5.76 Å². The summed E-state index contributed by atoms with van der Waals surface area (Å²) in [6.45, 7) is 4.15. The molecule has 0 saturated carbocycles. The molecule has 8 nitrogen and oxygen atoms in total. The molecule has 0 spiro atoms. The number of esters is 1. The Bertz CT molecular complexity index is 1080. The van der Waals surface area contributed by atoms with Crippen LogP contribution in [0.2, 0.25) is 0 Å². The average Bonchev–Trinajstić information content (AvgIpc) is 3.35. The molecule has 2 aromatic heterocycles. The predicted molar refractivity (Wildman–Crippen MR) is 107 cm³/mol. The Morgan fingerprint density at radius 1 is 1.17 bits per heavy atom. The molecule has 0 aliphatic carbocycles. The molecule has 154 valence electrons. The summed E-state index contributed by atoms with van der Waals surface area (Å²) < 4.78 is 38.6. The summed E-state index contributed by atoms with van der Waals surface area (Å²) in [7, 11) is -2.05. The highest BCUT2D eigenvalue weighted by atomic mass is 32.2. The number of rotatable bonds is 8. The van der Waals surface area contributed by atoms with Crippen LogP contribution in [0.25, 0.3) is 11.3 Å². The fourth-order valence-corrected chi connectivity index (χ4v) is 4.45. The van der Waals surface area contributed by atoms with Crippen molar-refractivity contribution in [3.63, 3.8) is 0 Å². The zero-order chi connectivity index (χ0) is 21.0. The molecule has 0 bridgehead atoms. The summed E-state index contributed by atoms with van der Waals surface area (Å²) in [6, 6.07) is 12.5. The standard InChI is InChI=1S/C20H23N3O5S/c1-4-23(5-2)29(25,26)17-12-18(22(3)13-17)20(24)27-14-16-11-19(28-21-16)15-9-7-6-8-10-15/h6-13H,4-5,14H2,1-3H3. The van der Waals surface area contributed by atoms with E-state index < -0.39 is 16.0 Å². The summed E-state index contributed by atoms with van der Waals surface area (Å²) in [6.07, 6.45) is 1.41. The first-order chi connectivity index (χ1) is 13.9. The molecule has 29 heavy (non-hydrogen) atoms. The maximum atomic E-state index is 12.6. The third kappa shape index (κ3) is 4.41. The van der Waals surface area contributed by atoms with E-state index in [1.807, 2.05) is 30.3 Å². The van der Waals surface area contributed by atoms with E-state index in [-0.39, 0.29) is 17.2 Å². The van der Waals surface area contributed by atoms with Gasteiger partial charge in [-0.1, -0.05) is 49.3 Å². The lowest BCUT2D eigenvalue weighted by atomic mass is 10.2. The lowest BCUT2D eigenvalue weighted by Crippen LogP contribution is -2.30. The van der Waals surface area contributed by atoms with Gasteiger partial charge in [0.05, 0.1) is 0 Å². The van der Waals surface area contributed by atoms with Crippen molar-refractivity contribution >= 4 is 16.0 Å². The number of aromatic nitrogens is 2. The Kier molecular flexibility index (Phi) is 6.19. The quantitative estimate of drug-likeness (QED) is 0.523.